The van der Waals surface area contributed by atoms with Crippen molar-refractivity contribution in [3.05, 3.63) is 0 Å². The largest absolute Gasteiger partial charge is 0.459 e. The molecule has 10 heteroatoms. The van der Waals surface area contributed by atoms with Gasteiger partial charge in [0, 0.05) is 12.3 Å². The summed E-state index contributed by atoms with van der Waals surface area (Å²) in [6.45, 7) is 6.97. The fourth-order valence-electron chi connectivity index (χ4n) is 8.22. The summed E-state index contributed by atoms with van der Waals surface area (Å²) >= 11 is 0. The maximum Gasteiger partial charge on any atom is 0.342 e. The summed E-state index contributed by atoms with van der Waals surface area (Å²) < 4.78 is 22.6. The van der Waals surface area contributed by atoms with Gasteiger partial charge in [-0.25, -0.2) is 9.59 Å². The average Bonchev–Trinajstić information content (AvgIpc) is 3.32. The molecule has 2 saturated carbocycles. The van der Waals surface area contributed by atoms with E-state index in [4.69, 9.17) is 18.9 Å². The normalized spacial score (nSPS) is 60.1. The number of hydrogen-bond acceptors (Lipinski definition) is 10. The SMILES string of the molecule is C[C@@H]1C(=O)O[C@H]2CC34[C@@H]5OC(=O)C3(O[C@@H]3OC(=O)[C@H](O)[C@@]34[C@H](C(C)(C)C)[C@H]5O)[C@]21O. The average molecular weight is 424 g/mol. The maximum absolute atomic E-state index is 13.4. The molecule has 4 heterocycles. The molecule has 11 atom stereocenters. The Hall–Kier alpha value is -1.75. The first-order valence-corrected chi connectivity index (χ1v) is 10.2. The van der Waals surface area contributed by atoms with Crippen LogP contribution in [0, 0.1) is 28.1 Å². The van der Waals surface area contributed by atoms with Gasteiger partial charge in [-0.2, -0.15) is 0 Å². The van der Waals surface area contributed by atoms with Crippen molar-refractivity contribution in [3.8, 4) is 0 Å². The summed E-state index contributed by atoms with van der Waals surface area (Å²) in [5, 5.41) is 34.4. The van der Waals surface area contributed by atoms with E-state index in [2.05, 4.69) is 0 Å². The Labute approximate surface area is 171 Å². The Morgan fingerprint density at radius 2 is 1.70 bits per heavy atom. The van der Waals surface area contributed by atoms with Crippen molar-refractivity contribution < 1.29 is 48.7 Å². The highest BCUT2D eigenvalue weighted by Gasteiger charge is 3.02. The highest BCUT2D eigenvalue weighted by atomic mass is 16.8. The Balaban J connectivity index is 1.71. The van der Waals surface area contributed by atoms with Gasteiger partial charge in [0.05, 0.1) is 22.9 Å². The number of carbonyl (C=O) groups is 3. The topological polar surface area (TPSA) is 149 Å². The zero-order chi connectivity index (χ0) is 21.8. The number of rotatable bonds is 0. The van der Waals surface area contributed by atoms with E-state index in [-0.39, 0.29) is 6.42 Å². The van der Waals surface area contributed by atoms with Gasteiger partial charge in [0.15, 0.2) is 11.7 Å². The first-order valence-electron chi connectivity index (χ1n) is 10.2. The van der Waals surface area contributed by atoms with Crippen molar-refractivity contribution >= 4 is 17.9 Å². The van der Waals surface area contributed by atoms with Crippen LogP contribution in [-0.4, -0.2) is 75.1 Å². The summed E-state index contributed by atoms with van der Waals surface area (Å²) in [4.78, 5) is 38.2. The maximum atomic E-state index is 13.4. The van der Waals surface area contributed by atoms with Crippen LogP contribution < -0.4 is 0 Å². The standard InChI is InChI=1S/C20H24O10/c1-6-12(23)27-7-5-17-11-8(21)9(16(2,3)4)18(17)10(22)13(24)29-15(18)30-20(17,14(25)28-11)19(6,7)26/h6-11,15,21-22,26H,5H2,1-4H3/t6-,7+,8-,9+,10+,11-,15+,17?,18+,19-,20?/m1/s1. The highest BCUT2D eigenvalue weighted by Crippen LogP contribution is 2.84. The third-order valence-electron chi connectivity index (χ3n) is 8.91. The molecule has 0 aromatic carbocycles. The minimum absolute atomic E-state index is 0.107. The Kier molecular flexibility index (Phi) is 2.97. The van der Waals surface area contributed by atoms with Crippen LogP contribution in [0.3, 0.4) is 0 Å². The second kappa shape index (κ2) is 4.69. The number of esters is 3. The fourth-order valence-corrected chi connectivity index (χ4v) is 8.22. The van der Waals surface area contributed by atoms with Gasteiger partial charge in [-0.05, 0) is 12.3 Å². The summed E-state index contributed by atoms with van der Waals surface area (Å²) in [7, 11) is 0. The molecular formula is C20H24O10. The van der Waals surface area contributed by atoms with Crippen LogP contribution in [0.1, 0.15) is 34.1 Å². The lowest BCUT2D eigenvalue weighted by Crippen LogP contribution is -2.66. The zero-order valence-electron chi connectivity index (χ0n) is 16.9. The lowest BCUT2D eigenvalue weighted by atomic mass is 9.51. The van der Waals surface area contributed by atoms with Crippen molar-refractivity contribution in [1.82, 2.24) is 0 Å². The number of hydrogen-bond donors (Lipinski definition) is 3. The van der Waals surface area contributed by atoms with Gasteiger partial charge < -0.3 is 34.3 Å². The molecule has 3 N–H and O–H groups in total. The lowest BCUT2D eigenvalue weighted by Gasteiger charge is -2.46. The van der Waals surface area contributed by atoms with Crippen LogP contribution in [-0.2, 0) is 33.3 Å². The third-order valence-corrected chi connectivity index (χ3v) is 8.91. The number of carbonyl (C=O) groups excluding carboxylic acids is 3. The molecule has 0 radical (unpaired) electrons. The quantitative estimate of drug-likeness (QED) is 0.314. The molecule has 0 aromatic heterocycles. The monoisotopic (exact) mass is 424 g/mol. The molecular weight excluding hydrogens is 400 g/mol. The van der Waals surface area contributed by atoms with Crippen molar-refractivity contribution in [2.45, 2.75) is 76.0 Å². The molecule has 6 aliphatic rings. The first kappa shape index (κ1) is 19.0. The van der Waals surface area contributed by atoms with Gasteiger partial charge in [0.2, 0.25) is 11.9 Å². The van der Waals surface area contributed by atoms with Gasteiger partial charge in [0.1, 0.15) is 12.2 Å². The number of fused-ring (bicyclic) bond motifs is 1. The van der Waals surface area contributed by atoms with Gasteiger partial charge in [-0.3, -0.25) is 4.79 Å². The summed E-state index contributed by atoms with van der Waals surface area (Å²) in [5.74, 6) is -4.43. The molecule has 6 fully saturated rings. The smallest absolute Gasteiger partial charge is 0.342 e. The molecule has 0 amide bonds. The molecule has 2 aliphatic carbocycles. The van der Waals surface area contributed by atoms with Crippen LogP contribution in [0.5, 0.6) is 0 Å². The van der Waals surface area contributed by atoms with E-state index < -0.39 is 87.9 Å². The van der Waals surface area contributed by atoms with Crippen molar-refractivity contribution in [3.63, 3.8) is 0 Å². The van der Waals surface area contributed by atoms with Crippen LogP contribution in [0.25, 0.3) is 0 Å². The van der Waals surface area contributed by atoms with Crippen LogP contribution in [0.15, 0.2) is 0 Å². The summed E-state index contributed by atoms with van der Waals surface area (Å²) in [6, 6.07) is 0. The Morgan fingerprint density at radius 1 is 1.03 bits per heavy atom. The molecule has 30 heavy (non-hydrogen) atoms. The van der Waals surface area contributed by atoms with E-state index in [1.54, 1.807) is 0 Å². The van der Waals surface area contributed by atoms with Gasteiger partial charge in [-0.1, -0.05) is 20.8 Å². The Morgan fingerprint density at radius 3 is 2.33 bits per heavy atom. The van der Waals surface area contributed by atoms with E-state index in [0.717, 1.165) is 0 Å². The predicted octanol–water partition coefficient (Wildman–Crippen LogP) is -1.37. The van der Waals surface area contributed by atoms with E-state index in [0.29, 0.717) is 0 Å². The highest BCUT2D eigenvalue weighted by molar-refractivity contribution is 5.93. The molecule has 2 spiro atoms. The van der Waals surface area contributed by atoms with Crippen molar-refractivity contribution in [2.75, 3.05) is 0 Å². The number of aliphatic hydroxyl groups is 3. The third kappa shape index (κ3) is 1.35. The zero-order valence-corrected chi connectivity index (χ0v) is 16.9. The minimum Gasteiger partial charge on any atom is -0.459 e. The summed E-state index contributed by atoms with van der Waals surface area (Å²) in [6.07, 6.45) is -6.73. The van der Waals surface area contributed by atoms with Crippen molar-refractivity contribution in [1.29, 1.82) is 0 Å². The van der Waals surface area contributed by atoms with Crippen LogP contribution in [0.2, 0.25) is 0 Å². The first-order chi connectivity index (χ1) is 13.8. The molecule has 164 valence electrons. The van der Waals surface area contributed by atoms with Crippen LogP contribution >= 0.6 is 0 Å². The van der Waals surface area contributed by atoms with Gasteiger partial charge in [-0.15, -0.1) is 0 Å². The molecule has 0 bridgehead atoms. The van der Waals surface area contributed by atoms with Gasteiger partial charge >= 0.3 is 17.9 Å². The second-order valence-corrected chi connectivity index (χ2v) is 10.7. The summed E-state index contributed by atoms with van der Waals surface area (Å²) in [5.41, 5.74) is -7.95. The molecule has 4 aliphatic heterocycles. The van der Waals surface area contributed by atoms with E-state index in [1.165, 1.54) is 6.92 Å². The molecule has 4 saturated heterocycles. The van der Waals surface area contributed by atoms with Gasteiger partial charge in [0.25, 0.3) is 0 Å². The van der Waals surface area contributed by atoms with Crippen LogP contribution in [0.4, 0.5) is 0 Å². The fraction of sp³-hybridized carbons (Fsp3) is 0.850. The molecule has 2 unspecified atom stereocenters. The lowest BCUT2D eigenvalue weighted by molar-refractivity contribution is -0.239. The Bertz CT molecular complexity index is 925. The number of ether oxygens (including phenoxy) is 4. The predicted molar refractivity (Wildman–Crippen MR) is 92.0 cm³/mol. The molecule has 6 rings (SSSR count). The minimum atomic E-state index is -2.12. The second-order valence-electron chi connectivity index (χ2n) is 10.7. The number of aliphatic hydroxyl groups excluding tert-OH is 2. The van der Waals surface area contributed by atoms with Crippen molar-refractivity contribution in [2.24, 2.45) is 28.1 Å². The van der Waals surface area contributed by atoms with E-state index in [9.17, 15) is 29.7 Å². The van der Waals surface area contributed by atoms with E-state index in [1.807, 2.05) is 20.8 Å². The molecule has 0 aromatic rings. The van der Waals surface area contributed by atoms with E-state index >= 15 is 0 Å². The molecule has 10 nitrogen and oxygen atoms in total.